The lowest BCUT2D eigenvalue weighted by Gasteiger charge is -2.09. The summed E-state index contributed by atoms with van der Waals surface area (Å²) in [6.07, 6.45) is 1.71. The second-order valence-corrected chi connectivity index (χ2v) is 7.29. The van der Waals surface area contributed by atoms with Gasteiger partial charge in [0.15, 0.2) is 0 Å². The van der Waals surface area contributed by atoms with Gasteiger partial charge in [0.05, 0.1) is 5.56 Å². The van der Waals surface area contributed by atoms with E-state index in [1.165, 1.54) is 16.0 Å². The molecule has 1 heterocycles. The van der Waals surface area contributed by atoms with Gasteiger partial charge in [0, 0.05) is 21.7 Å². The quantitative estimate of drug-likeness (QED) is 0.577. The van der Waals surface area contributed by atoms with E-state index in [9.17, 15) is 4.79 Å². The van der Waals surface area contributed by atoms with Crippen LogP contribution in [0.3, 0.4) is 0 Å². The van der Waals surface area contributed by atoms with E-state index >= 15 is 0 Å². The van der Waals surface area contributed by atoms with Gasteiger partial charge in [-0.15, -0.1) is 0 Å². The number of nitrogens with one attached hydrogen (secondary N) is 2. The van der Waals surface area contributed by atoms with Crippen molar-refractivity contribution in [1.82, 2.24) is 4.98 Å². The molecule has 3 aromatic rings. The van der Waals surface area contributed by atoms with Gasteiger partial charge >= 0.3 is 0 Å². The highest BCUT2D eigenvalue weighted by atomic mass is 32.2. The Bertz CT molecular complexity index is 962. The molecule has 0 saturated heterocycles. The fourth-order valence-electron chi connectivity index (χ4n) is 2.35. The van der Waals surface area contributed by atoms with Crippen LogP contribution in [0.15, 0.2) is 70.6 Å². The smallest absolute Gasteiger partial charge is 0.258 e. The number of aromatic nitrogens is 1. The zero-order valence-electron chi connectivity index (χ0n) is 14.0. The highest BCUT2D eigenvalue weighted by molar-refractivity contribution is 7.99. The predicted octanol–water partition coefficient (Wildman–Crippen LogP) is 5.76. The zero-order chi connectivity index (χ0) is 17.8. The first-order valence-corrected chi connectivity index (χ1v) is 9.09. The Morgan fingerprint density at radius 3 is 2.56 bits per heavy atom. The molecular formula is C20H18N2OS2. The van der Waals surface area contributed by atoms with Crippen LogP contribution in [-0.2, 0) is 0 Å². The van der Waals surface area contributed by atoms with E-state index < -0.39 is 0 Å². The summed E-state index contributed by atoms with van der Waals surface area (Å²) in [6.45, 7) is 4.20. The molecule has 0 aliphatic rings. The number of anilines is 1. The molecule has 0 aliphatic carbocycles. The summed E-state index contributed by atoms with van der Waals surface area (Å²) in [5.74, 6) is -0.211. The van der Waals surface area contributed by atoms with E-state index in [0.29, 0.717) is 10.2 Å². The first-order chi connectivity index (χ1) is 12.0. The van der Waals surface area contributed by atoms with E-state index in [-0.39, 0.29) is 5.91 Å². The highest BCUT2D eigenvalue weighted by Gasteiger charge is 2.08. The van der Waals surface area contributed by atoms with Crippen LogP contribution in [0.2, 0.25) is 0 Å². The summed E-state index contributed by atoms with van der Waals surface area (Å²) in [5.41, 5.74) is 3.71. The lowest BCUT2D eigenvalue weighted by atomic mass is 10.2. The molecule has 3 rings (SSSR count). The minimum Gasteiger partial charge on any atom is -0.352 e. The number of carbonyl (C=O) groups excluding carboxylic acids is 1. The standard InChI is InChI=1S/C20H18N2OS2/c1-13-5-6-14(2)18(12-13)25-16-9-7-15(8-10-16)22-19(23)17-4-3-11-21-20(17)24/h3-12H,1-2H3,(H,21,24)(H,22,23). The number of hydrogen-bond donors (Lipinski definition) is 2. The number of benzene rings is 2. The molecular weight excluding hydrogens is 348 g/mol. The van der Waals surface area contributed by atoms with Gasteiger partial charge in [0.1, 0.15) is 4.64 Å². The van der Waals surface area contributed by atoms with E-state index in [1.54, 1.807) is 30.1 Å². The Balaban J connectivity index is 1.72. The van der Waals surface area contributed by atoms with Gasteiger partial charge < -0.3 is 10.3 Å². The van der Waals surface area contributed by atoms with E-state index in [0.717, 1.165) is 10.6 Å². The molecule has 0 saturated carbocycles. The van der Waals surface area contributed by atoms with Gasteiger partial charge in [-0.2, -0.15) is 0 Å². The molecule has 1 aromatic heterocycles. The molecule has 0 atom stereocenters. The predicted molar refractivity (Wildman–Crippen MR) is 106 cm³/mol. The number of hydrogen-bond acceptors (Lipinski definition) is 3. The number of aromatic amines is 1. The molecule has 3 nitrogen and oxygen atoms in total. The van der Waals surface area contributed by atoms with E-state index in [2.05, 4.69) is 42.3 Å². The number of amides is 1. The largest absolute Gasteiger partial charge is 0.352 e. The molecule has 2 aromatic carbocycles. The van der Waals surface area contributed by atoms with Gasteiger partial charge in [0.25, 0.3) is 5.91 Å². The van der Waals surface area contributed by atoms with Crippen LogP contribution in [-0.4, -0.2) is 10.9 Å². The SMILES string of the molecule is Cc1ccc(C)c(Sc2ccc(NC(=O)c3ccc[nH]c3=S)cc2)c1. The Morgan fingerprint density at radius 1 is 1.08 bits per heavy atom. The Hall–Kier alpha value is -2.37. The summed E-state index contributed by atoms with van der Waals surface area (Å²) in [7, 11) is 0. The van der Waals surface area contributed by atoms with Crippen molar-refractivity contribution >= 4 is 35.6 Å². The normalized spacial score (nSPS) is 10.5. The minimum atomic E-state index is -0.211. The molecule has 1 amide bonds. The maximum atomic E-state index is 12.3. The number of pyridine rings is 1. The molecule has 25 heavy (non-hydrogen) atoms. The van der Waals surface area contributed by atoms with E-state index in [4.69, 9.17) is 12.2 Å². The molecule has 0 aliphatic heterocycles. The topological polar surface area (TPSA) is 44.9 Å². The monoisotopic (exact) mass is 366 g/mol. The fraction of sp³-hybridized carbons (Fsp3) is 0.100. The molecule has 0 spiro atoms. The number of carbonyl (C=O) groups is 1. The summed E-state index contributed by atoms with van der Waals surface area (Å²) in [6, 6.07) is 17.7. The molecule has 126 valence electrons. The van der Waals surface area contributed by atoms with E-state index in [1.807, 2.05) is 24.3 Å². The van der Waals surface area contributed by atoms with Crippen molar-refractivity contribution in [3.05, 3.63) is 82.1 Å². The summed E-state index contributed by atoms with van der Waals surface area (Å²) in [4.78, 5) is 17.5. The van der Waals surface area contributed by atoms with Crippen molar-refractivity contribution in [2.24, 2.45) is 0 Å². The number of rotatable bonds is 4. The summed E-state index contributed by atoms with van der Waals surface area (Å²) < 4.78 is 0.432. The maximum Gasteiger partial charge on any atom is 0.258 e. The highest BCUT2D eigenvalue weighted by Crippen LogP contribution is 2.31. The third kappa shape index (κ3) is 4.38. The number of aryl methyl sites for hydroxylation is 2. The first-order valence-electron chi connectivity index (χ1n) is 7.87. The van der Waals surface area contributed by atoms with Gasteiger partial charge in [-0.3, -0.25) is 4.79 Å². The van der Waals surface area contributed by atoms with Crippen molar-refractivity contribution in [2.75, 3.05) is 5.32 Å². The average Bonchev–Trinajstić information content (AvgIpc) is 2.60. The van der Waals surface area contributed by atoms with Crippen molar-refractivity contribution in [3.8, 4) is 0 Å². The minimum absolute atomic E-state index is 0.211. The Labute approximate surface area is 156 Å². The fourth-order valence-corrected chi connectivity index (χ4v) is 3.58. The lowest BCUT2D eigenvalue weighted by Crippen LogP contribution is -2.12. The summed E-state index contributed by atoms with van der Waals surface area (Å²) in [5, 5.41) is 2.88. The van der Waals surface area contributed by atoms with Crippen molar-refractivity contribution in [3.63, 3.8) is 0 Å². The Kier molecular flexibility index (Phi) is 5.36. The van der Waals surface area contributed by atoms with Gasteiger partial charge in [-0.1, -0.05) is 36.1 Å². The number of H-pyrrole nitrogens is 1. The van der Waals surface area contributed by atoms with Crippen LogP contribution in [0.4, 0.5) is 5.69 Å². The molecule has 2 N–H and O–H groups in total. The van der Waals surface area contributed by atoms with Gasteiger partial charge in [-0.05, 0) is 67.4 Å². The molecule has 0 unspecified atom stereocenters. The van der Waals surface area contributed by atoms with Crippen LogP contribution in [0.1, 0.15) is 21.5 Å². The van der Waals surface area contributed by atoms with Crippen LogP contribution in [0.25, 0.3) is 0 Å². The third-order valence-electron chi connectivity index (χ3n) is 3.75. The molecule has 0 fully saturated rings. The van der Waals surface area contributed by atoms with Crippen LogP contribution in [0, 0.1) is 18.5 Å². The maximum absolute atomic E-state index is 12.3. The second kappa shape index (κ2) is 7.68. The molecule has 0 radical (unpaired) electrons. The van der Waals surface area contributed by atoms with Crippen LogP contribution in [0.5, 0.6) is 0 Å². The van der Waals surface area contributed by atoms with Gasteiger partial charge in [0.2, 0.25) is 0 Å². The second-order valence-electron chi connectivity index (χ2n) is 5.76. The van der Waals surface area contributed by atoms with Crippen LogP contribution < -0.4 is 5.32 Å². The molecule has 0 bridgehead atoms. The van der Waals surface area contributed by atoms with Crippen molar-refractivity contribution in [2.45, 2.75) is 23.6 Å². The molecule has 5 heteroatoms. The lowest BCUT2D eigenvalue weighted by molar-refractivity contribution is 0.102. The summed E-state index contributed by atoms with van der Waals surface area (Å²) >= 11 is 6.86. The zero-order valence-corrected chi connectivity index (χ0v) is 15.6. The van der Waals surface area contributed by atoms with Crippen molar-refractivity contribution in [1.29, 1.82) is 0 Å². The average molecular weight is 367 g/mol. The Morgan fingerprint density at radius 2 is 1.84 bits per heavy atom. The van der Waals surface area contributed by atoms with Gasteiger partial charge in [-0.25, -0.2) is 0 Å². The first kappa shape index (κ1) is 17.5. The van der Waals surface area contributed by atoms with Crippen LogP contribution >= 0.6 is 24.0 Å². The van der Waals surface area contributed by atoms with Crippen molar-refractivity contribution < 1.29 is 4.79 Å². The third-order valence-corrected chi connectivity index (χ3v) is 5.25.